The molecule has 0 unspecified atom stereocenters. The summed E-state index contributed by atoms with van der Waals surface area (Å²) in [5, 5.41) is 21.4. The first-order valence-electron chi connectivity index (χ1n) is 13.7. The second-order valence-corrected chi connectivity index (χ2v) is 10.7. The Morgan fingerprint density at radius 2 is 1.92 bits per heavy atom. The number of fused-ring (bicyclic) bond motifs is 1. The minimum Gasteiger partial charge on any atom is -0.371 e. The number of hydrogen-bond donors (Lipinski definition) is 2. The van der Waals surface area contributed by atoms with Gasteiger partial charge >= 0.3 is 0 Å². The van der Waals surface area contributed by atoms with Crippen LogP contribution in [0.2, 0.25) is 0 Å². The van der Waals surface area contributed by atoms with Crippen molar-refractivity contribution in [2.24, 2.45) is 11.8 Å². The smallest absolute Gasteiger partial charge is 0.126 e. The standard InChI is InChI=1S/C31H34N6/c32-19-22-10-12-26(13-11-22)37-16-4-5-23(21-37)17-25-6-1-2-8-29(25)35-31-18-24(14-15-33-31)27-7-3-9-30-28(27)20-34-36-30/h3,7,9-15,18,20,23,25,29H,1-2,4-6,8,16-17,21H2,(H,33,35)(H,34,36)/t23-,25+,29-/m1/s1. The van der Waals surface area contributed by atoms with Gasteiger partial charge in [-0.3, -0.25) is 5.10 Å². The van der Waals surface area contributed by atoms with Gasteiger partial charge in [0.25, 0.3) is 0 Å². The minimum absolute atomic E-state index is 0.464. The highest BCUT2D eigenvalue weighted by Gasteiger charge is 2.30. The maximum atomic E-state index is 9.12. The summed E-state index contributed by atoms with van der Waals surface area (Å²) in [6, 6.07) is 21.4. The normalized spacial score (nSPS) is 22.0. The summed E-state index contributed by atoms with van der Waals surface area (Å²) in [5.74, 6) is 2.34. The molecule has 3 heterocycles. The molecule has 3 atom stereocenters. The van der Waals surface area contributed by atoms with Crippen LogP contribution in [0.4, 0.5) is 11.5 Å². The van der Waals surface area contributed by atoms with Gasteiger partial charge in [0.1, 0.15) is 5.82 Å². The molecule has 2 aromatic carbocycles. The number of H-pyrrole nitrogens is 1. The highest BCUT2D eigenvalue weighted by Crippen LogP contribution is 2.36. The minimum atomic E-state index is 0.464. The van der Waals surface area contributed by atoms with Crippen LogP contribution in [0.3, 0.4) is 0 Å². The number of pyridine rings is 1. The van der Waals surface area contributed by atoms with E-state index in [1.54, 1.807) is 0 Å². The zero-order valence-electron chi connectivity index (χ0n) is 21.2. The van der Waals surface area contributed by atoms with E-state index >= 15 is 0 Å². The SMILES string of the molecule is N#Cc1ccc(N2CCC[C@H](C[C@@H]3CCCC[C@H]3Nc3cc(-c4cccc5[nH]ncc45)ccn3)C2)cc1. The zero-order valence-corrected chi connectivity index (χ0v) is 21.2. The van der Waals surface area contributed by atoms with E-state index in [-0.39, 0.29) is 0 Å². The molecule has 0 radical (unpaired) electrons. The van der Waals surface area contributed by atoms with Crippen molar-refractivity contribution in [1.29, 1.82) is 5.26 Å². The van der Waals surface area contributed by atoms with Crippen molar-refractivity contribution in [3.05, 3.63) is 72.6 Å². The van der Waals surface area contributed by atoms with E-state index in [1.807, 2.05) is 24.5 Å². The summed E-state index contributed by atoms with van der Waals surface area (Å²) in [5.41, 5.74) is 5.38. The van der Waals surface area contributed by atoms with Crippen LogP contribution in [0.25, 0.3) is 22.0 Å². The summed E-state index contributed by atoms with van der Waals surface area (Å²) in [7, 11) is 0. The fourth-order valence-corrected chi connectivity index (χ4v) is 6.43. The highest BCUT2D eigenvalue weighted by atomic mass is 15.1. The summed E-state index contributed by atoms with van der Waals surface area (Å²) in [6.07, 6.45) is 12.7. The largest absolute Gasteiger partial charge is 0.371 e. The Morgan fingerprint density at radius 3 is 2.81 bits per heavy atom. The molecular weight excluding hydrogens is 456 g/mol. The highest BCUT2D eigenvalue weighted by molar-refractivity contribution is 5.94. The third-order valence-corrected chi connectivity index (χ3v) is 8.31. The van der Waals surface area contributed by atoms with Crippen molar-refractivity contribution in [2.45, 2.75) is 51.0 Å². The number of benzene rings is 2. The van der Waals surface area contributed by atoms with Crippen LogP contribution in [0.1, 0.15) is 50.5 Å². The van der Waals surface area contributed by atoms with E-state index in [1.165, 1.54) is 61.8 Å². The molecular formula is C31H34N6. The van der Waals surface area contributed by atoms with E-state index in [9.17, 15) is 0 Å². The molecule has 2 fully saturated rings. The number of aromatic nitrogens is 3. The fraction of sp³-hybridized carbons (Fsp3) is 0.387. The van der Waals surface area contributed by atoms with Gasteiger partial charge in [-0.15, -0.1) is 0 Å². The summed E-state index contributed by atoms with van der Waals surface area (Å²) < 4.78 is 0. The van der Waals surface area contributed by atoms with Crippen molar-refractivity contribution >= 4 is 22.4 Å². The van der Waals surface area contributed by atoms with E-state index in [0.29, 0.717) is 17.9 Å². The van der Waals surface area contributed by atoms with Crippen molar-refractivity contribution in [3.8, 4) is 17.2 Å². The van der Waals surface area contributed by atoms with Gasteiger partial charge in [0, 0.05) is 36.4 Å². The molecule has 2 N–H and O–H groups in total. The Kier molecular flexibility index (Phi) is 6.77. The van der Waals surface area contributed by atoms with Gasteiger partial charge in [0.05, 0.1) is 23.3 Å². The number of nitriles is 1. The number of nitrogens with zero attached hydrogens (tertiary/aromatic N) is 4. The van der Waals surface area contributed by atoms with Crippen molar-refractivity contribution < 1.29 is 0 Å². The van der Waals surface area contributed by atoms with Gasteiger partial charge in [-0.2, -0.15) is 10.4 Å². The van der Waals surface area contributed by atoms with Crippen molar-refractivity contribution in [1.82, 2.24) is 15.2 Å². The lowest BCUT2D eigenvalue weighted by molar-refractivity contribution is 0.247. The molecule has 6 heteroatoms. The second kappa shape index (κ2) is 10.6. The van der Waals surface area contributed by atoms with E-state index in [2.05, 4.69) is 68.9 Å². The maximum Gasteiger partial charge on any atom is 0.126 e. The van der Waals surface area contributed by atoms with Crippen LogP contribution < -0.4 is 10.2 Å². The molecule has 188 valence electrons. The first-order chi connectivity index (χ1) is 18.3. The fourth-order valence-electron chi connectivity index (χ4n) is 6.43. The summed E-state index contributed by atoms with van der Waals surface area (Å²) in [6.45, 7) is 2.21. The molecule has 4 aromatic rings. The third-order valence-electron chi connectivity index (χ3n) is 8.31. The maximum absolute atomic E-state index is 9.12. The lowest BCUT2D eigenvalue weighted by atomic mass is 9.77. The Labute approximate surface area is 218 Å². The molecule has 1 saturated carbocycles. The average Bonchev–Trinajstić information content (AvgIpc) is 3.44. The van der Waals surface area contributed by atoms with Crippen LogP contribution in [0.5, 0.6) is 0 Å². The molecule has 37 heavy (non-hydrogen) atoms. The third kappa shape index (κ3) is 5.17. The number of piperidine rings is 1. The van der Waals surface area contributed by atoms with Crippen LogP contribution >= 0.6 is 0 Å². The Morgan fingerprint density at radius 1 is 1.03 bits per heavy atom. The van der Waals surface area contributed by atoms with Gasteiger partial charge in [0.15, 0.2) is 0 Å². The first-order valence-corrected chi connectivity index (χ1v) is 13.7. The molecule has 2 aliphatic rings. The van der Waals surface area contributed by atoms with Crippen molar-refractivity contribution in [2.75, 3.05) is 23.3 Å². The number of nitrogens with one attached hydrogen (secondary N) is 2. The van der Waals surface area contributed by atoms with Crippen LogP contribution in [-0.2, 0) is 0 Å². The molecule has 6 nitrogen and oxygen atoms in total. The first kappa shape index (κ1) is 23.5. The predicted molar refractivity (Wildman–Crippen MR) is 149 cm³/mol. The molecule has 1 saturated heterocycles. The van der Waals surface area contributed by atoms with Crippen molar-refractivity contribution in [3.63, 3.8) is 0 Å². The molecule has 0 amide bonds. The Bertz CT molecular complexity index is 1380. The molecule has 1 aliphatic heterocycles. The lowest BCUT2D eigenvalue weighted by Gasteiger charge is -2.39. The molecule has 0 bridgehead atoms. The zero-order chi connectivity index (χ0) is 25.0. The monoisotopic (exact) mass is 490 g/mol. The second-order valence-electron chi connectivity index (χ2n) is 10.7. The topological polar surface area (TPSA) is 80.6 Å². The van der Waals surface area contributed by atoms with Gasteiger partial charge in [-0.25, -0.2) is 4.98 Å². The van der Waals surface area contributed by atoms with E-state index < -0.39 is 0 Å². The summed E-state index contributed by atoms with van der Waals surface area (Å²) in [4.78, 5) is 7.22. The Balaban J connectivity index is 1.14. The number of aromatic amines is 1. The van der Waals surface area contributed by atoms with Gasteiger partial charge in [0.2, 0.25) is 0 Å². The van der Waals surface area contributed by atoms with Crippen LogP contribution in [0.15, 0.2) is 67.0 Å². The predicted octanol–water partition coefficient (Wildman–Crippen LogP) is 6.77. The number of rotatable bonds is 6. The van der Waals surface area contributed by atoms with Gasteiger partial charge in [-0.05, 0) is 97.5 Å². The number of hydrogen-bond acceptors (Lipinski definition) is 5. The Hall–Kier alpha value is -3.85. The van der Waals surface area contributed by atoms with Crippen LogP contribution in [-0.4, -0.2) is 34.3 Å². The van der Waals surface area contributed by atoms with Crippen LogP contribution in [0, 0.1) is 23.2 Å². The van der Waals surface area contributed by atoms with E-state index in [0.717, 1.165) is 35.4 Å². The lowest BCUT2D eigenvalue weighted by Crippen LogP contribution is -2.39. The van der Waals surface area contributed by atoms with E-state index in [4.69, 9.17) is 10.2 Å². The molecule has 0 spiro atoms. The average molecular weight is 491 g/mol. The molecule has 2 aromatic heterocycles. The van der Waals surface area contributed by atoms with Gasteiger partial charge in [-0.1, -0.05) is 25.0 Å². The quantitative estimate of drug-likeness (QED) is 0.312. The van der Waals surface area contributed by atoms with Gasteiger partial charge < -0.3 is 10.2 Å². The number of anilines is 2. The molecule has 1 aliphatic carbocycles. The summed E-state index contributed by atoms with van der Waals surface area (Å²) >= 11 is 0. The molecule has 6 rings (SSSR count).